The fourth-order valence-electron chi connectivity index (χ4n) is 2.70. The second kappa shape index (κ2) is 8.35. The summed E-state index contributed by atoms with van der Waals surface area (Å²) in [4.78, 5) is 0.205. The molecule has 0 N–H and O–H groups in total. The average molecular weight is 397 g/mol. The van der Waals surface area contributed by atoms with E-state index in [0.29, 0.717) is 17.2 Å². The quantitative estimate of drug-likeness (QED) is 0.570. The molecule has 28 heavy (non-hydrogen) atoms. The van der Waals surface area contributed by atoms with Crippen molar-refractivity contribution in [1.29, 1.82) is 0 Å². The summed E-state index contributed by atoms with van der Waals surface area (Å²) in [7, 11) is -0.494. The number of rotatable bonds is 7. The van der Waals surface area contributed by atoms with Gasteiger partial charge >= 0.3 is 0 Å². The molecule has 0 unspecified atom stereocenters. The monoisotopic (exact) mass is 397 g/mol. The van der Waals surface area contributed by atoms with Crippen molar-refractivity contribution in [1.82, 2.24) is 0 Å². The van der Waals surface area contributed by atoms with Crippen LogP contribution in [0.1, 0.15) is 12.5 Å². The van der Waals surface area contributed by atoms with Crippen LogP contribution in [0.15, 0.2) is 77.7 Å². The highest BCUT2D eigenvalue weighted by atomic mass is 32.2. The van der Waals surface area contributed by atoms with Gasteiger partial charge in [-0.05, 0) is 72.6 Å². The Morgan fingerprint density at radius 2 is 1.29 bits per heavy atom. The van der Waals surface area contributed by atoms with Crippen molar-refractivity contribution in [3.8, 4) is 17.2 Å². The van der Waals surface area contributed by atoms with E-state index in [9.17, 15) is 8.42 Å². The minimum absolute atomic E-state index is 0.205. The number of hydrogen-bond donors (Lipinski definition) is 0. The van der Waals surface area contributed by atoms with E-state index in [1.54, 1.807) is 62.7 Å². The normalized spacial score (nSPS) is 11.1. The van der Waals surface area contributed by atoms with Crippen molar-refractivity contribution >= 4 is 15.7 Å². The highest BCUT2D eigenvalue weighted by Crippen LogP contribution is 2.27. The molecule has 0 aliphatic carbocycles. The highest BCUT2D eigenvalue weighted by molar-refractivity contribution is 7.92. The Kier molecular flexibility index (Phi) is 5.90. The molecule has 0 saturated heterocycles. The van der Waals surface area contributed by atoms with Crippen molar-refractivity contribution < 1.29 is 17.9 Å². The third kappa shape index (κ3) is 4.28. The topological polar surface area (TPSA) is 55.8 Å². The summed E-state index contributed by atoms with van der Waals surface area (Å²) < 4.78 is 37.9. The lowest BCUT2D eigenvalue weighted by molar-refractivity contribution is 0.413. The molecule has 0 atom stereocenters. The van der Waals surface area contributed by atoms with Crippen molar-refractivity contribution in [3.05, 3.63) is 78.4 Å². The van der Waals surface area contributed by atoms with Crippen LogP contribution >= 0.6 is 0 Å². The summed E-state index contributed by atoms with van der Waals surface area (Å²) in [6.07, 6.45) is 0.909. The first kappa shape index (κ1) is 19.8. The van der Waals surface area contributed by atoms with Gasteiger partial charge in [0.15, 0.2) is 0 Å². The number of benzene rings is 3. The largest absolute Gasteiger partial charge is 0.497 e. The van der Waals surface area contributed by atoms with Gasteiger partial charge in [-0.1, -0.05) is 19.1 Å². The first-order valence-corrected chi connectivity index (χ1v) is 10.4. The molecular weight excluding hydrogens is 374 g/mol. The van der Waals surface area contributed by atoms with E-state index in [1.807, 2.05) is 24.3 Å². The molecule has 0 saturated carbocycles. The molecule has 0 spiro atoms. The van der Waals surface area contributed by atoms with E-state index in [0.717, 1.165) is 17.7 Å². The van der Waals surface area contributed by atoms with Gasteiger partial charge in [-0.3, -0.25) is 4.31 Å². The Hall–Kier alpha value is -2.99. The fourth-order valence-corrected chi connectivity index (χ4v) is 3.89. The van der Waals surface area contributed by atoms with E-state index in [-0.39, 0.29) is 4.90 Å². The standard InChI is InChI=1S/C22H23NO4S/c1-4-17-5-7-18(8-6-17)23(2)28(24,25)22-15-13-21(14-16-22)27-20-11-9-19(26-3)10-12-20/h5-16H,4H2,1-3H3. The minimum Gasteiger partial charge on any atom is -0.497 e. The van der Waals surface area contributed by atoms with E-state index >= 15 is 0 Å². The van der Waals surface area contributed by atoms with Crippen molar-refractivity contribution in [2.45, 2.75) is 18.2 Å². The molecule has 0 heterocycles. The summed E-state index contributed by atoms with van der Waals surface area (Å²) in [6.45, 7) is 2.06. The lowest BCUT2D eigenvalue weighted by Crippen LogP contribution is -2.26. The second-order valence-electron chi connectivity index (χ2n) is 6.24. The van der Waals surface area contributed by atoms with Gasteiger partial charge in [-0.15, -0.1) is 0 Å². The molecule has 0 radical (unpaired) electrons. The van der Waals surface area contributed by atoms with Crippen LogP contribution in [0.3, 0.4) is 0 Å². The molecule has 146 valence electrons. The number of methoxy groups -OCH3 is 1. The lowest BCUT2D eigenvalue weighted by atomic mass is 10.1. The summed E-state index contributed by atoms with van der Waals surface area (Å²) in [5, 5.41) is 0. The predicted octanol–water partition coefficient (Wildman–Crippen LogP) is 4.88. The van der Waals surface area contributed by atoms with Gasteiger partial charge in [0.25, 0.3) is 10.0 Å². The molecular formula is C22H23NO4S. The van der Waals surface area contributed by atoms with Gasteiger partial charge < -0.3 is 9.47 Å². The van der Waals surface area contributed by atoms with Crippen LogP contribution in [0, 0.1) is 0 Å². The van der Waals surface area contributed by atoms with E-state index in [1.165, 1.54) is 4.31 Å². The summed E-state index contributed by atoms with van der Waals surface area (Å²) in [5.41, 5.74) is 1.78. The third-order valence-electron chi connectivity index (χ3n) is 4.49. The lowest BCUT2D eigenvalue weighted by Gasteiger charge is -2.20. The third-order valence-corrected chi connectivity index (χ3v) is 6.29. The van der Waals surface area contributed by atoms with Gasteiger partial charge in [0.05, 0.1) is 17.7 Å². The zero-order valence-electron chi connectivity index (χ0n) is 16.1. The Balaban J connectivity index is 1.76. The number of sulfonamides is 1. The summed E-state index contributed by atoms with van der Waals surface area (Å²) in [6, 6.07) is 21.1. The SMILES string of the molecule is CCc1ccc(N(C)S(=O)(=O)c2ccc(Oc3ccc(OC)cc3)cc2)cc1. The Labute approximate surface area is 166 Å². The van der Waals surface area contributed by atoms with Crippen LogP contribution in [-0.4, -0.2) is 22.6 Å². The maximum Gasteiger partial charge on any atom is 0.264 e. The fraction of sp³-hybridized carbons (Fsp3) is 0.182. The van der Waals surface area contributed by atoms with Crippen molar-refractivity contribution in [2.75, 3.05) is 18.5 Å². The molecule has 0 amide bonds. The molecule has 6 heteroatoms. The maximum atomic E-state index is 12.9. The van der Waals surface area contributed by atoms with Crippen LogP contribution in [0.4, 0.5) is 5.69 Å². The highest BCUT2D eigenvalue weighted by Gasteiger charge is 2.21. The Morgan fingerprint density at radius 3 is 1.79 bits per heavy atom. The summed E-state index contributed by atoms with van der Waals surface area (Å²) >= 11 is 0. The average Bonchev–Trinajstić information content (AvgIpc) is 2.74. The van der Waals surface area contributed by atoms with Crippen molar-refractivity contribution in [2.24, 2.45) is 0 Å². The Bertz CT molecular complexity index is 1010. The number of hydrogen-bond acceptors (Lipinski definition) is 4. The van der Waals surface area contributed by atoms with Crippen LogP contribution in [0.2, 0.25) is 0 Å². The maximum absolute atomic E-state index is 12.9. The molecule has 0 aliphatic rings. The van der Waals surface area contributed by atoms with Crippen LogP contribution in [0.25, 0.3) is 0 Å². The van der Waals surface area contributed by atoms with E-state index < -0.39 is 10.0 Å². The number of ether oxygens (including phenoxy) is 2. The zero-order valence-corrected chi connectivity index (χ0v) is 16.9. The molecule has 3 aromatic carbocycles. The van der Waals surface area contributed by atoms with Crippen molar-refractivity contribution in [3.63, 3.8) is 0 Å². The molecule has 0 aliphatic heterocycles. The minimum atomic E-state index is -3.65. The molecule has 0 bridgehead atoms. The predicted molar refractivity (Wildman–Crippen MR) is 111 cm³/mol. The van der Waals surface area contributed by atoms with Crippen LogP contribution in [-0.2, 0) is 16.4 Å². The second-order valence-corrected chi connectivity index (χ2v) is 8.21. The van der Waals surface area contributed by atoms with E-state index in [4.69, 9.17) is 9.47 Å². The molecule has 3 rings (SSSR count). The first-order chi connectivity index (χ1) is 13.4. The molecule has 3 aromatic rings. The van der Waals surface area contributed by atoms with Gasteiger partial charge in [0.2, 0.25) is 0 Å². The number of aryl methyl sites for hydroxylation is 1. The van der Waals surface area contributed by atoms with Crippen LogP contribution < -0.4 is 13.8 Å². The smallest absolute Gasteiger partial charge is 0.264 e. The number of nitrogens with zero attached hydrogens (tertiary/aromatic N) is 1. The van der Waals surface area contributed by atoms with Gasteiger partial charge in [-0.25, -0.2) is 8.42 Å². The van der Waals surface area contributed by atoms with Gasteiger partial charge in [0, 0.05) is 7.05 Å². The summed E-state index contributed by atoms with van der Waals surface area (Å²) in [5.74, 6) is 1.94. The van der Waals surface area contributed by atoms with Gasteiger partial charge in [0.1, 0.15) is 17.2 Å². The Morgan fingerprint density at radius 1 is 0.786 bits per heavy atom. The molecule has 5 nitrogen and oxygen atoms in total. The van der Waals surface area contributed by atoms with E-state index in [2.05, 4.69) is 6.92 Å². The first-order valence-electron chi connectivity index (χ1n) is 8.94. The zero-order chi connectivity index (χ0) is 20.1. The molecule has 0 aromatic heterocycles. The van der Waals surface area contributed by atoms with Crippen LogP contribution in [0.5, 0.6) is 17.2 Å². The van der Waals surface area contributed by atoms with Gasteiger partial charge in [-0.2, -0.15) is 0 Å². The molecule has 0 fully saturated rings. The number of anilines is 1.